The number of thiophene rings is 1. The number of benzene rings is 1. The van der Waals surface area contributed by atoms with Gasteiger partial charge < -0.3 is 14.4 Å². The molecule has 3 heterocycles. The molecule has 0 bridgehead atoms. The standard InChI is InChI=1S/C23H28N4O4S/c28-20(26-29)5-3-1-2-4-13-31-18-8-6-17(7-9-18)22-24-19-10-16-32-21(19)23(25-22)27-11-14-30-15-12-27/h6-10,16,29H,1-5,11-15H2,(H,26,28). The fourth-order valence-corrected chi connectivity index (χ4v) is 4.50. The van der Waals surface area contributed by atoms with Crippen molar-refractivity contribution in [2.45, 2.75) is 32.1 Å². The van der Waals surface area contributed by atoms with Crippen LogP contribution in [0.25, 0.3) is 21.6 Å². The maximum Gasteiger partial charge on any atom is 0.243 e. The highest BCUT2D eigenvalue weighted by Crippen LogP contribution is 2.32. The van der Waals surface area contributed by atoms with E-state index in [2.05, 4.69) is 10.3 Å². The first-order chi connectivity index (χ1) is 15.7. The molecule has 1 aromatic carbocycles. The minimum Gasteiger partial charge on any atom is -0.494 e. The number of morpholine rings is 1. The molecule has 0 spiro atoms. The van der Waals surface area contributed by atoms with Gasteiger partial charge in [0, 0.05) is 25.1 Å². The highest BCUT2D eigenvalue weighted by molar-refractivity contribution is 7.17. The summed E-state index contributed by atoms with van der Waals surface area (Å²) in [5, 5.41) is 10.5. The molecule has 1 aliphatic heterocycles. The number of carbonyl (C=O) groups is 1. The number of unbranched alkanes of at least 4 members (excludes halogenated alkanes) is 3. The number of hydrogen-bond donors (Lipinski definition) is 2. The molecular weight excluding hydrogens is 428 g/mol. The average molecular weight is 457 g/mol. The van der Waals surface area contributed by atoms with Gasteiger partial charge in [-0.05, 0) is 48.6 Å². The van der Waals surface area contributed by atoms with Gasteiger partial charge in [-0.1, -0.05) is 12.8 Å². The molecule has 0 unspecified atom stereocenters. The first-order valence-corrected chi connectivity index (χ1v) is 11.9. The maximum atomic E-state index is 11.0. The van der Waals surface area contributed by atoms with Crippen molar-refractivity contribution in [3.05, 3.63) is 35.7 Å². The Hall–Kier alpha value is -2.75. The van der Waals surface area contributed by atoms with Crippen molar-refractivity contribution >= 4 is 33.3 Å². The molecule has 0 radical (unpaired) electrons. The number of nitrogens with one attached hydrogen (secondary N) is 1. The maximum absolute atomic E-state index is 11.0. The zero-order chi connectivity index (χ0) is 22.2. The number of carbonyl (C=O) groups excluding carboxylic acids is 1. The Morgan fingerprint density at radius 3 is 2.66 bits per heavy atom. The van der Waals surface area contributed by atoms with E-state index in [0.717, 1.165) is 85.2 Å². The van der Waals surface area contributed by atoms with Crippen LogP contribution in [-0.4, -0.2) is 54.0 Å². The lowest BCUT2D eigenvalue weighted by molar-refractivity contribution is -0.129. The number of hydrogen-bond acceptors (Lipinski definition) is 8. The summed E-state index contributed by atoms with van der Waals surface area (Å²) in [4.78, 5) is 22.9. The molecule has 0 atom stereocenters. The first-order valence-electron chi connectivity index (χ1n) is 11.0. The molecule has 1 amide bonds. The van der Waals surface area contributed by atoms with Crippen molar-refractivity contribution in [3.63, 3.8) is 0 Å². The van der Waals surface area contributed by atoms with Gasteiger partial charge in [-0.15, -0.1) is 11.3 Å². The molecule has 9 heteroatoms. The highest BCUT2D eigenvalue weighted by atomic mass is 32.1. The number of rotatable bonds is 10. The molecular formula is C23H28N4O4S. The van der Waals surface area contributed by atoms with E-state index in [-0.39, 0.29) is 5.91 Å². The third-order valence-corrected chi connectivity index (χ3v) is 6.30. The zero-order valence-electron chi connectivity index (χ0n) is 18.0. The number of ether oxygens (including phenoxy) is 2. The summed E-state index contributed by atoms with van der Waals surface area (Å²) < 4.78 is 12.5. The number of hydroxylamine groups is 1. The fraction of sp³-hybridized carbons (Fsp3) is 0.435. The van der Waals surface area contributed by atoms with Crippen LogP contribution < -0.4 is 15.1 Å². The summed E-state index contributed by atoms with van der Waals surface area (Å²) in [5.41, 5.74) is 3.58. The second kappa shape index (κ2) is 11.2. The molecule has 32 heavy (non-hydrogen) atoms. The van der Waals surface area contributed by atoms with Gasteiger partial charge >= 0.3 is 0 Å². The predicted molar refractivity (Wildman–Crippen MR) is 124 cm³/mol. The van der Waals surface area contributed by atoms with E-state index >= 15 is 0 Å². The molecule has 2 aromatic heterocycles. The van der Waals surface area contributed by atoms with E-state index in [1.165, 1.54) is 0 Å². The van der Waals surface area contributed by atoms with Crippen LogP contribution in [0.4, 0.5) is 5.82 Å². The number of anilines is 1. The van der Waals surface area contributed by atoms with Crippen LogP contribution in [0.3, 0.4) is 0 Å². The minimum absolute atomic E-state index is 0.333. The van der Waals surface area contributed by atoms with Gasteiger partial charge in [0.25, 0.3) is 0 Å². The van der Waals surface area contributed by atoms with Crippen LogP contribution in [0.5, 0.6) is 5.75 Å². The van der Waals surface area contributed by atoms with Gasteiger partial charge in [-0.2, -0.15) is 0 Å². The molecule has 1 aliphatic rings. The lowest BCUT2D eigenvalue weighted by Gasteiger charge is -2.28. The Morgan fingerprint density at radius 1 is 1.09 bits per heavy atom. The average Bonchev–Trinajstić information content (AvgIpc) is 3.32. The Morgan fingerprint density at radius 2 is 1.88 bits per heavy atom. The molecule has 3 aromatic rings. The predicted octanol–water partition coefficient (Wildman–Crippen LogP) is 4.03. The van der Waals surface area contributed by atoms with Crippen LogP contribution in [0.15, 0.2) is 35.7 Å². The number of aromatic nitrogens is 2. The summed E-state index contributed by atoms with van der Waals surface area (Å²) in [6.07, 6.45) is 3.95. The molecule has 2 N–H and O–H groups in total. The largest absolute Gasteiger partial charge is 0.494 e. The monoisotopic (exact) mass is 456 g/mol. The van der Waals surface area contributed by atoms with Crippen molar-refractivity contribution in [1.29, 1.82) is 0 Å². The lowest BCUT2D eigenvalue weighted by Crippen LogP contribution is -2.36. The molecule has 1 saturated heterocycles. The van der Waals surface area contributed by atoms with Gasteiger partial charge in [0.2, 0.25) is 5.91 Å². The van der Waals surface area contributed by atoms with Crippen molar-refractivity contribution in [1.82, 2.24) is 15.4 Å². The van der Waals surface area contributed by atoms with Gasteiger partial charge in [0.1, 0.15) is 5.75 Å². The number of fused-ring (bicyclic) bond motifs is 1. The van der Waals surface area contributed by atoms with Crippen LogP contribution in [0.2, 0.25) is 0 Å². The Kier molecular flexibility index (Phi) is 7.87. The van der Waals surface area contributed by atoms with Gasteiger partial charge in [-0.3, -0.25) is 10.0 Å². The number of nitrogens with zero attached hydrogens (tertiary/aromatic N) is 3. The Bertz CT molecular complexity index is 1020. The fourth-order valence-electron chi connectivity index (χ4n) is 3.65. The van der Waals surface area contributed by atoms with Crippen molar-refractivity contribution < 1.29 is 19.5 Å². The Labute approximate surface area is 191 Å². The third kappa shape index (κ3) is 5.73. The highest BCUT2D eigenvalue weighted by Gasteiger charge is 2.18. The second-order valence-electron chi connectivity index (χ2n) is 7.68. The smallest absolute Gasteiger partial charge is 0.243 e. The summed E-state index contributed by atoms with van der Waals surface area (Å²) in [5.74, 6) is 2.19. The van der Waals surface area contributed by atoms with E-state index in [1.54, 1.807) is 16.8 Å². The normalized spacial score (nSPS) is 14.0. The van der Waals surface area contributed by atoms with E-state index in [9.17, 15) is 4.79 Å². The lowest BCUT2D eigenvalue weighted by atomic mass is 10.1. The van der Waals surface area contributed by atoms with Crippen molar-refractivity contribution in [3.8, 4) is 17.1 Å². The van der Waals surface area contributed by atoms with E-state index < -0.39 is 0 Å². The zero-order valence-corrected chi connectivity index (χ0v) is 18.8. The SMILES string of the molecule is O=C(CCCCCCOc1ccc(-c2nc(N3CCOCC3)c3sccc3n2)cc1)NO. The molecule has 0 saturated carbocycles. The van der Waals surface area contributed by atoms with E-state index in [0.29, 0.717) is 13.0 Å². The molecule has 170 valence electrons. The number of amides is 1. The van der Waals surface area contributed by atoms with Crippen LogP contribution in [0.1, 0.15) is 32.1 Å². The summed E-state index contributed by atoms with van der Waals surface area (Å²) in [7, 11) is 0. The topological polar surface area (TPSA) is 96.8 Å². The van der Waals surface area contributed by atoms with Gasteiger partial charge in [0.15, 0.2) is 11.6 Å². The van der Waals surface area contributed by atoms with Crippen molar-refractivity contribution in [2.75, 3.05) is 37.8 Å². The van der Waals surface area contributed by atoms with Crippen LogP contribution >= 0.6 is 11.3 Å². The van der Waals surface area contributed by atoms with E-state index in [4.69, 9.17) is 24.6 Å². The summed E-state index contributed by atoms with van der Waals surface area (Å²) in [6, 6.07) is 9.95. The van der Waals surface area contributed by atoms with Gasteiger partial charge in [0.05, 0.1) is 30.0 Å². The summed E-state index contributed by atoms with van der Waals surface area (Å²) in [6.45, 7) is 3.74. The first kappa shape index (κ1) is 22.4. The van der Waals surface area contributed by atoms with Gasteiger partial charge in [-0.25, -0.2) is 15.4 Å². The van der Waals surface area contributed by atoms with Crippen molar-refractivity contribution in [2.24, 2.45) is 0 Å². The third-order valence-electron chi connectivity index (χ3n) is 5.40. The quantitative estimate of drug-likeness (QED) is 0.270. The van der Waals surface area contributed by atoms with Crippen LogP contribution in [-0.2, 0) is 9.53 Å². The minimum atomic E-state index is -0.333. The second-order valence-corrected chi connectivity index (χ2v) is 8.59. The Balaban J connectivity index is 1.34. The van der Waals surface area contributed by atoms with Crippen LogP contribution in [0, 0.1) is 0 Å². The van der Waals surface area contributed by atoms with E-state index in [1.807, 2.05) is 30.3 Å². The molecule has 1 fully saturated rings. The summed E-state index contributed by atoms with van der Waals surface area (Å²) >= 11 is 1.67. The molecule has 8 nitrogen and oxygen atoms in total. The molecule has 4 rings (SSSR count). The molecule has 0 aliphatic carbocycles.